The quantitative estimate of drug-likeness (QED) is 0.279. The molecule has 0 spiro atoms. The number of esters is 1. The maximum absolute atomic E-state index is 12.3. The van der Waals surface area contributed by atoms with Gasteiger partial charge >= 0.3 is 17.4 Å². The minimum atomic E-state index is -0.321. The predicted octanol–water partition coefficient (Wildman–Crippen LogP) is 0.253. The number of nitrogens with one attached hydrogen (secondary N) is 2. The van der Waals surface area contributed by atoms with Gasteiger partial charge in [-0.2, -0.15) is 0 Å². The second-order valence-electron chi connectivity index (χ2n) is 5.76. The Balaban J connectivity index is 1.60. The van der Waals surface area contributed by atoms with Gasteiger partial charge in [0.15, 0.2) is 5.52 Å². The van der Waals surface area contributed by atoms with Crippen molar-refractivity contribution >= 4 is 38.9 Å². The number of halogens is 1. The van der Waals surface area contributed by atoms with Crippen LogP contribution >= 0.6 is 15.9 Å². The van der Waals surface area contributed by atoms with Crippen molar-refractivity contribution in [2.75, 3.05) is 25.0 Å². The van der Waals surface area contributed by atoms with E-state index in [0.29, 0.717) is 14.0 Å². The molecule has 0 aliphatic carbocycles. The lowest BCUT2D eigenvalue weighted by molar-refractivity contribution is -0.933. The van der Waals surface area contributed by atoms with E-state index in [4.69, 9.17) is 4.74 Å². The Morgan fingerprint density at radius 3 is 2.96 bits per heavy atom. The van der Waals surface area contributed by atoms with Crippen molar-refractivity contribution in [3.8, 4) is 0 Å². The summed E-state index contributed by atoms with van der Waals surface area (Å²) in [6.45, 7) is 1.88. The highest BCUT2D eigenvalue weighted by molar-refractivity contribution is 9.10. The van der Waals surface area contributed by atoms with E-state index < -0.39 is 0 Å². The highest BCUT2D eigenvalue weighted by Gasteiger charge is 2.24. The fourth-order valence-electron chi connectivity index (χ4n) is 2.67. The molecule has 0 radical (unpaired) electrons. The number of piperidine rings is 1. The fourth-order valence-corrected chi connectivity index (χ4v) is 3.02. The summed E-state index contributed by atoms with van der Waals surface area (Å²) in [7, 11) is 0. The van der Waals surface area contributed by atoms with Gasteiger partial charge in [0.1, 0.15) is 6.10 Å². The van der Waals surface area contributed by atoms with Crippen molar-refractivity contribution in [1.82, 2.24) is 10.4 Å². The van der Waals surface area contributed by atoms with Crippen LogP contribution in [0, 0.1) is 5.21 Å². The molecule has 0 amide bonds. The number of anilines is 1. The van der Waals surface area contributed by atoms with E-state index in [1.54, 1.807) is 18.2 Å². The highest BCUT2D eigenvalue weighted by atomic mass is 79.9. The molecule has 10 heteroatoms. The Labute approximate surface area is 152 Å². The molecule has 0 bridgehead atoms. The third-order valence-corrected chi connectivity index (χ3v) is 4.44. The normalized spacial score (nSPS) is 15.2. The molecular formula is C15H19BrN5O4+. The molecule has 1 fully saturated rings. The van der Waals surface area contributed by atoms with Crippen LogP contribution in [0.4, 0.5) is 5.95 Å². The number of carbonyl (C=O) groups excluding carboxylic acids is 1. The molecule has 1 saturated heterocycles. The number of hydrogen-bond donors (Lipinski definition) is 3. The summed E-state index contributed by atoms with van der Waals surface area (Å²) in [6, 6.07) is 4.84. The van der Waals surface area contributed by atoms with Gasteiger partial charge in [-0.25, -0.2) is 9.94 Å². The van der Waals surface area contributed by atoms with E-state index in [2.05, 4.69) is 31.7 Å². The number of hydrogen-bond acceptors (Lipinski definition) is 7. The molecule has 3 N–H and O–H groups in total. The van der Waals surface area contributed by atoms with Crippen molar-refractivity contribution < 1.29 is 24.3 Å². The van der Waals surface area contributed by atoms with Crippen molar-refractivity contribution in [3.63, 3.8) is 0 Å². The smallest absolute Gasteiger partial charge is 0.464 e. The number of fused-ring (bicyclic) bond motifs is 1. The molecule has 0 atom stereocenters. The van der Waals surface area contributed by atoms with Crippen molar-refractivity contribution in [1.29, 1.82) is 0 Å². The summed E-state index contributed by atoms with van der Waals surface area (Å²) in [4.78, 5) is 12.5. The van der Waals surface area contributed by atoms with Crippen LogP contribution in [0.2, 0.25) is 0 Å². The van der Waals surface area contributed by atoms with Gasteiger partial charge in [-0.3, -0.25) is 10.1 Å². The molecule has 3 rings (SSSR count). The Kier molecular flexibility index (Phi) is 5.49. The SMILES string of the molecule is O=C(CCNc1n[n+](O)c2cc(Br)ccc2[n+]1[O-])OC1CCNCC1. The number of rotatable bonds is 5. The first-order valence-corrected chi connectivity index (χ1v) is 8.82. The summed E-state index contributed by atoms with van der Waals surface area (Å²) < 4.78 is 6.67. The van der Waals surface area contributed by atoms with E-state index >= 15 is 0 Å². The first-order valence-electron chi connectivity index (χ1n) is 8.03. The first kappa shape index (κ1) is 17.6. The van der Waals surface area contributed by atoms with Gasteiger partial charge in [-0.05, 0) is 38.1 Å². The van der Waals surface area contributed by atoms with Gasteiger partial charge in [0.05, 0.1) is 13.0 Å². The minimum Gasteiger partial charge on any atom is -0.739 e. The summed E-state index contributed by atoms with van der Waals surface area (Å²) >= 11 is 3.27. The molecular weight excluding hydrogens is 394 g/mol. The second-order valence-corrected chi connectivity index (χ2v) is 6.67. The average Bonchev–Trinajstić information content (AvgIpc) is 2.60. The van der Waals surface area contributed by atoms with Crippen molar-refractivity contribution in [3.05, 3.63) is 27.9 Å². The molecule has 1 aromatic carbocycles. The van der Waals surface area contributed by atoms with Gasteiger partial charge in [0, 0.05) is 10.5 Å². The second kappa shape index (κ2) is 7.79. The van der Waals surface area contributed by atoms with Crippen LogP contribution < -0.4 is 20.2 Å². The molecule has 134 valence electrons. The molecule has 2 heterocycles. The van der Waals surface area contributed by atoms with Crippen LogP contribution in [0.25, 0.3) is 11.0 Å². The average molecular weight is 413 g/mol. The Morgan fingerprint density at radius 1 is 1.44 bits per heavy atom. The zero-order chi connectivity index (χ0) is 17.8. The number of benzene rings is 1. The van der Waals surface area contributed by atoms with E-state index in [1.807, 2.05) is 0 Å². The van der Waals surface area contributed by atoms with E-state index in [1.165, 1.54) is 0 Å². The van der Waals surface area contributed by atoms with Crippen molar-refractivity contribution in [2.45, 2.75) is 25.4 Å². The standard InChI is InChI=1S/C15H19BrN5O4/c16-10-1-2-12-13(9-10)21(24)19-15(20(12)23)18-8-5-14(22)25-11-3-6-17-7-4-11/h1-2,9,11,17H,3-8H2,(H2,18,19,24)/q+1. The summed E-state index contributed by atoms with van der Waals surface area (Å²) in [5.41, 5.74) is 0.515. The molecule has 2 aromatic rings. The maximum Gasteiger partial charge on any atom is 0.464 e. The van der Waals surface area contributed by atoms with Gasteiger partial charge in [-0.15, -0.1) is 0 Å². The van der Waals surface area contributed by atoms with Crippen molar-refractivity contribution in [2.24, 2.45) is 0 Å². The first-order chi connectivity index (χ1) is 12.0. The lowest BCUT2D eigenvalue weighted by atomic mass is 10.1. The van der Waals surface area contributed by atoms with Crippen LogP contribution in [0.15, 0.2) is 22.7 Å². The highest BCUT2D eigenvalue weighted by Crippen LogP contribution is 2.14. The topological polar surface area (TPSA) is 114 Å². The zero-order valence-corrected chi connectivity index (χ0v) is 15.0. The number of aromatic nitrogens is 3. The number of nitrogens with zero attached hydrogens (tertiary/aromatic N) is 3. The van der Waals surface area contributed by atoms with Crippen LogP contribution in [-0.4, -0.2) is 42.0 Å². The molecule has 1 aliphatic heterocycles. The number of ether oxygens (including phenoxy) is 1. The van der Waals surface area contributed by atoms with Crippen LogP contribution in [0.1, 0.15) is 19.3 Å². The third-order valence-electron chi connectivity index (χ3n) is 3.95. The van der Waals surface area contributed by atoms with Gasteiger partial charge in [0.2, 0.25) is 9.94 Å². The Hall–Kier alpha value is -2.20. The molecule has 1 aromatic heterocycles. The summed E-state index contributed by atoms with van der Waals surface area (Å²) in [5, 5.41) is 32.0. The van der Waals surface area contributed by atoms with E-state index in [9.17, 15) is 15.2 Å². The largest absolute Gasteiger partial charge is 0.739 e. The van der Waals surface area contributed by atoms with Gasteiger partial charge in [0.25, 0.3) is 0 Å². The summed E-state index contributed by atoms with van der Waals surface area (Å²) in [6.07, 6.45) is 1.68. The van der Waals surface area contributed by atoms with Gasteiger partial charge in [-0.1, -0.05) is 15.9 Å². The van der Waals surface area contributed by atoms with Crippen LogP contribution in [0.5, 0.6) is 0 Å². The molecule has 25 heavy (non-hydrogen) atoms. The molecule has 9 nitrogen and oxygen atoms in total. The fraction of sp³-hybridized carbons (Fsp3) is 0.467. The number of carbonyl (C=O) groups is 1. The monoisotopic (exact) mass is 412 g/mol. The Bertz CT molecular complexity index is 782. The molecule has 1 aliphatic rings. The Morgan fingerprint density at radius 2 is 2.20 bits per heavy atom. The van der Waals surface area contributed by atoms with Crippen LogP contribution in [-0.2, 0) is 9.53 Å². The van der Waals surface area contributed by atoms with E-state index in [0.717, 1.165) is 25.9 Å². The lowest BCUT2D eigenvalue weighted by Gasteiger charge is -2.22. The predicted molar refractivity (Wildman–Crippen MR) is 90.9 cm³/mol. The molecule has 0 unspecified atom stereocenters. The van der Waals surface area contributed by atoms with E-state index in [-0.39, 0.29) is 42.0 Å². The summed E-state index contributed by atoms with van der Waals surface area (Å²) in [5.74, 6) is -0.412. The zero-order valence-electron chi connectivity index (χ0n) is 13.4. The minimum absolute atomic E-state index is 0.0463. The molecule has 0 saturated carbocycles. The van der Waals surface area contributed by atoms with Crippen LogP contribution in [0.3, 0.4) is 0 Å². The maximum atomic E-state index is 12.3. The third kappa shape index (κ3) is 4.26. The lowest BCUT2D eigenvalue weighted by Crippen LogP contribution is -2.46. The van der Waals surface area contributed by atoms with Gasteiger partial charge < -0.3 is 15.3 Å².